The van der Waals surface area contributed by atoms with Gasteiger partial charge in [0.2, 0.25) is 5.89 Å². The van der Waals surface area contributed by atoms with E-state index in [0.29, 0.717) is 5.89 Å². The fraction of sp³-hybridized carbons (Fsp3) is 0.0385. The van der Waals surface area contributed by atoms with Gasteiger partial charge in [-0.15, -0.1) is 0 Å². The number of fused-ring (bicyclic) bond motifs is 3. The monoisotopic (exact) mass is 374 g/mol. The molecule has 6 rings (SSSR count). The van der Waals surface area contributed by atoms with Crippen LogP contribution in [0.2, 0.25) is 0 Å². The third kappa shape index (κ3) is 2.63. The smallest absolute Gasteiger partial charge is 0.227 e. The van der Waals surface area contributed by atoms with Crippen molar-refractivity contribution in [2.75, 3.05) is 4.90 Å². The van der Waals surface area contributed by atoms with Crippen molar-refractivity contribution in [3.05, 3.63) is 108 Å². The molecule has 0 amide bonds. The molecule has 5 aromatic rings. The van der Waals surface area contributed by atoms with Gasteiger partial charge in [0.15, 0.2) is 5.58 Å². The second kappa shape index (κ2) is 6.35. The molecule has 1 aliphatic heterocycles. The van der Waals surface area contributed by atoms with Gasteiger partial charge in [0.1, 0.15) is 5.52 Å². The maximum atomic E-state index is 5.93. The van der Waals surface area contributed by atoms with Gasteiger partial charge in [-0.3, -0.25) is 0 Å². The van der Waals surface area contributed by atoms with Crippen molar-refractivity contribution in [2.45, 2.75) is 6.42 Å². The Hall–Kier alpha value is -3.85. The summed E-state index contributed by atoms with van der Waals surface area (Å²) >= 11 is 0. The predicted molar refractivity (Wildman–Crippen MR) is 117 cm³/mol. The number of anilines is 3. The van der Waals surface area contributed by atoms with Gasteiger partial charge in [0.05, 0.1) is 0 Å². The van der Waals surface area contributed by atoms with Crippen LogP contribution < -0.4 is 4.90 Å². The van der Waals surface area contributed by atoms with E-state index in [1.807, 2.05) is 24.3 Å². The summed E-state index contributed by atoms with van der Waals surface area (Å²) in [6.45, 7) is 0. The largest absolute Gasteiger partial charge is 0.436 e. The first kappa shape index (κ1) is 16.1. The average Bonchev–Trinajstić information content (AvgIpc) is 3.22. The molecule has 0 spiro atoms. The summed E-state index contributed by atoms with van der Waals surface area (Å²) in [7, 11) is 0. The van der Waals surface area contributed by atoms with Gasteiger partial charge < -0.3 is 9.32 Å². The van der Waals surface area contributed by atoms with E-state index in [1.54, 1.807) is 0 Å². The minimum Gasteiger partial charge on any atom is -0.436 e. The Bertz CT molecular complexity index is 1260. The molecule has 0 atom stereocenters. The second-order valence-corrected chi connectivity index (χ2v) is 7.30. The summed E-state index contributed by atoms with van der Waals surface area (Å²) in [6.07, 6.45) is 0.962. The van der Waals surface area contributed by atoms with Gasteiger partial charge in [0.25, 0.3) is 0 Å². The number of para-hydroxylation sites is 4. The number of oxazole rings is 1. The third-order valence-corrected chi connectivity index (χ3v) is 5.51. The molecule has 4 aromatic carbocycles. The normalized spacial score (nSPS) is 12.6. The van der Waals surface area contributed by atoms with Crippen LogP contribution >= 0.6 is 0 Å². The molecular formula is C26H18N2O. The van der Waals surface area contributed by atoms with Crippen molar-refractivity contribution in [3.8, 4) is 11.5 Å². The zero-order chi connectivity index (χ0) is 19.2. The molecule has 2 heterocycles. The summed E-state index contributed by atoms with van der Waals surface area (Å²) in [5, 5.41) is 0. The number of benzene rings is 4. The number of hydrogen-bond donors (Lipinski definition) is 0. The molecule has 0 saturated heterocycles. The van der Waals surface area contributed by atoms with E-state index in [1.165, 1.54) is 22.5 Å². The van der Waals surface area contributed by atoms with Crippen LogP contribution in [0.25, 0.3) is 22.6 Å². The molecule has 0 saturated carbocycles. The zero-order valence-corrected chi connectivity index (χ0v) is 15.7. The van der Waals surface area contributed by atoms with E-state index in [2.05, 4.69) is 82.7 Å². The Kier molecular flexibility index (Phi) is 3.53. The van der Waals surface area contributed by atoms with E-state index in [4.69, 9.17) is 4.42 Å². The number of aromatic nitrogens is 1. The van der Waals surface area contributed by atoms with Crippen LogP contribution in [0.15, 0.2) is 101 Å². The summed E-state index contributed by atoms with van der Waals surface area (Å²) < 4.78 is 5.93. The summed E-state index contributed by atoms with van der Waals surface area (Å²) in [5.41, 5.74) is 8.95. The zero-order valence-electron chi connectivity index (χ0n) is 15.7. The maximum Gasteiger partial charge on any atom is 0.227 e. The Morgan fingerprint density at radius 2 is 1.28 bits per heavy atom. The molecule has 29 heavy (non-hydrogen) atoms. The molecule has 0 aliphatic carbocycles. The molecule has 0 unspecified atom stereocenters. The highest BCUT2D eigenvalue weighted by atomic mass is 16.3. The van der Waals surface area contributed by atoms with Gasteiger partial charge in [-0.1, -0.05) is 48.5 Å². The van der Waals surface area contributed by atoms with E-state index >= 15 is 0 Å². The maximum absolute atomic E-state index is 5.93. The number of hydrogen-bond acceptors (Lipinski definition) is 3. The highest BCUT2D eigenvalue weighted by molar-refractivity contribution is 5.84. The Morgan fingerprint density at radius 3 is 1.97 bits per heavy atom. The summed E-state index contributed by atoms with van der Waals surface area (Å²) in [6, 6.07) is 33.6. The number of rotatable bonds is 2. The molecular weight excluding hydrogens is 356 g/mol. The van der Waals surface area contributed by atoms with Crippen LogP contribution in [-0.2, 0) is 6.42 Å². The van der Waals surface area contributed by atoms with Crippen LogP contribution in [0.4, 0.5) is 17.1 Å². The van der Waals surface area contributed by atoms with Gasteiger partial charge in [0, 0.05) is 29.0 Å². The molecule has 1 aliphatic rings. The van der Waals surface area contributed by atoms with Crippen molar-refractivity contribution in [1.29, 1.82) is 0 Å². The van der Waals surface area contributed by atoms with Crippen LogP contribution in [0.1, 0.15) is 11.1 Å². The van der Waals surface area contributed by atoms with Crippen LogP contribution in [0.5, 0.6) is 0 Å². The molecule has 0 fully saturated rings. The first-order chi connectivity index (χ1) is 14.4. The van der Waals surface area contributed by atoms with Crippen LogP contribution in [0, 0.1) is 0 Å². The lowest BCUT2D eigenvalue weighted by molar-refractivity contribution is 0.620. The van der Waals surface area contributed by atoms with Crippen molar-refractivity contribution >= 4 is 28.2 Å². The molecule has 1 aromatic heterocycles. The lowest BCUT2D eigenvalue weighted by atomic mass is 9.95. The van der Waals surface area contributed by atoms with E-state index in [9.17, 15) is 0 Å². The van der Waals surface area contributed by atoms with Gasteiger partial charge in [-0.05, 0) is 59.7 Å². The van der Waals surface area contributed by atoms with Crippen molar-refractivity contribution in [2.24, 2.45) is 0 Å². The van der Waals surface area contributed by atoms with E-state index < -0.39 is 0 Å². The molecule has 138 valence electrons. The first-order valence-corrected chi connectivity index (χ1v) is 9.79. The molecule has 0 radical (unpaired) electrons. The summed E-state index contributed by atoms with van der Waals surface area (Å²) in [5.74, 6) is 0.650. The fourth-order valence-electron chi connectivity index (χ4n) is 4.12. The van der Waals surface area contributed by atoms with Gasteiger partial charge >= 0.3 is 0 Å². The fourth-order valence-corrected chi connectivity index (χ4v) is 4.12. The third-order valence-electron chi connectivity index (χ3n) is 5.51. The second-order valence-electron chi connectivity index (χ2n) is 7.30. The van der Waals surface area contributed by atoms with Crippen molar-refractivity contribution in [3.63, 3.8) is 0 Å². The average molecular weight is 374 g/mol. The number of nitrogens with zero attached hydrogens (tertiary/aromatic N) is 2. The minimum atomic E-state index is 0.650. The molecule has 3 heteroatoms. The van der Waals surface area contributed by atoms with Gasteiger partial charge in [-0.25, -0.2) is 4.98 Å². The minimum absolute atomic E-state index is 0.650. The lowest BCUT2D eigenvalue weighted by Gasteiger charge is -2.33. The van der Waals surface area contributed by atoms with E-state index in [0.717, 1.165) is 28.8 Å². The van der Waals surface area contributed by atoms with Crippen molar-refractivity contribution < 1.29 is 4.42 Å². The standard InChI is InChI=1S/C26H18N2O/c1-4-10-23-19(7-1)17-20-8-2-5-11-24(20)28(23)21-15-13-18(14-16-21)26-27-22-9-3-6-12-25(22)29-26/h1-16H,17H2. The van der Waals surface area contributed by atoms with Crippen LogP contribution in [0.3, 0.4) is 0 Å². The lowest BCUT2D eigenvalue weighted by Crippen LogP contribution is -2.18. The Labute approximate surface area is 168 Å². The van der Waals surface area contributed by atoms with E-state index in [-0.39, 0.29) is 0 Å². The predicted octanol–water partition coefficient (Wildman–Crippen LogP) is 6.87. The summed E-state index contributed by atoms with van der Waals surface area (Å²) in [4.78, 5) is 6.95. The molecule has 3 nitrogen and oxygen atoms in total. The quantitative estimate of drug-likeness (QED) is 0.331. The Balaban J connectivity index is 1.44. The SMILES string of the molecule is c1ccc2c(c1)Cc1ccccc1N2c1ccc(-c2nc3ccccc3o2)cc1. The molecule has 0 bridgehead atoms. The molecule has 0 N–H and O–H groups in total. The highest BCUT2D eigenvalue weighted by Crippen LogP contribution is 2.43. The first-order valence-electron chi connectivity index (χ1n) is 9.79. The Morgan fingerprint density at radius 1 is 0.655 bits per heavy atom. The van der Waals surface area contributed by atoms with Crippen molar-refractivity contribution in [1.82, 2.24) is 4.98 Å². The van der Waals surface area contributed by atoms with Gasteiger partial charge in [-0.2, -0.15) is 0 Å². The highest BCUT2D eigenvalue weighted by Gasteiger charge is 2.23. The van der Waals surface area contributed by atoms with Crippen LogP contribution in [-0.4, -0.2) is 4.98 Å². The topological polar surface area (TPSA) is 29.3 Å².